The molecule has 3 rings (SSSR count). The number of carbonyl (C=O) groups excluding carboxylic acids is 1. The van der Waals surface area contributed by atoms with Gasteiger partial charge in [0.2, 0.25) is 0 Å². The van der Waals surface area contributed by atoms with E-state index in [1.807, 2.05) is 12.1 Å². The molecule has 120 valence electrons. The third-order valence-corrected chi connectivity index (χ3v) is 4.62. The van der Waals surface area contributed by atoms with Gasteiger partial charge in [0.1, 0.15) is 12.0 Å². The number of aldehydes is 1. The lowest BCUT2D eigenvalue weighted by molar-refractivity contribution is 0.112. The van der Waals surface area contributed by atoms with Crippen LogP contribution in [0.25, 0.3) is 0 Å². The van der Waals surface area contributed by atoms with Gasteiger partial charge in [-0.3, -0.25) is 4.79 Å². The van der Waals surface area contributed by atoms with E-state index in [0.717, 1.165) is 56.3 Å². The number of hydrogen-bond acceptors (Lipinski definition) is 2. The predicted molar refractivity (Wildman–Crippen MR) is 93.3 cm³/mol. The summed E-state index contributed by atoms with van der Waals surface area (Å²) in [6.45, 7) is 0.766. The van der Waals surface area contributed by atoms with E-state index >= 15 is 0 Å². The van der Waals surface area contributed by atoms with Crippen molar-refractivity contribution in [1.82, 2.24) is 0 Å². The quantitative estimate of drug-likeness (QED) is 0.518. The summed E-state index contributed by atoms with van der Waals surface area (Å²) in [6.07, 6.45) is 8.77. The first-order valence-electron chi connectivity index (χ1n) is 8.65. The fraction of sp³-hybridized carbons (Fsp3) is 0.381. The Morgan fingerprint density at radius 2 is 1.74 bits per heavy atom. The fourth-order valence-corrected chi connectivity index (χ4v) is 3.38. The Morgan fingerprint density at radius 1 is 0.913 bits per heavy atom. The summed E-state index contributed by atoms with van der Waals surface area (Å²) in [5.41, 5.74) is 4.73. The number of carbonyl (C=O) groups is 1. The lowest BCUT2D eigenvalue weighted by Crippen LogP contribution is -2.02. The van der Waals surface area contributed by atoms with Gasteiger partial charge in [-0.2, -0.15) is 0 Å². The van der Waals surface area contributed by atoms with Crippen LogP contribution in [-0.2, 0) is 19.3 Å². The summed E-state index contributed by atoms with van der Waals surface area (Å²) in [4.78, 5) is 11.1. The number of rotatable bonds is 8. The van der Waals surface area contributed by atoms with Crippen molar-refractivity contribution in [2.75, 3.05) is 6.61 Å². The fourth-order valence-electron chi connectivity index (χ4n) is 3.38. The van der Waals surface area contributed by atoms with Gasteiger partial charge in [0.25, 0.3) is 0 Å². The largest absolute Gasteiger partial charge is 0.493 e. The zero-order chi connectivity index (χ0) is 15.9. The van der Waals surface area contributed by atoms with Crippen molar-refractivity contribution in [2.45, 2.75) is 44.9 Å². The Hall–Kier alpha value is -2.09. The summed E-state index contributed by atoms with van der Waals surface area (Å²) < 4.78 is 5.98. The van der Waals surface area contributed by atoms with E-state index in [-0.39, 0.29) is 0 Å². The van der Waals surface area contributed by atoms with Crippen molar-refractivity contribution >= 4 is 6.29 Å². The third kappa shape index (κ3) is 4.01. The molecule has 0 atom stereocenters. The van der Waals surface area contributed by atoms with Crippen LogP contribution in [0.1, 0.15) is 52.7 Å². The molecule has 2 aromatic carbocycles. The first-order chi connectivity index (χ1) is 11.4. The zero-order valence-corrected chi connectivity index (χ0v) is 13.6. The van der Waals surface area contributed by atoms with Crippen molar-refractivity contribution in [3.05, 3.63) is 64.7 Å². The molecule has 23 heavy (non-hydrogen) atoms. The van der Waals surface area contributed by atoms with E-state index in [1.54, 1.807) is 0 Å². The van der Waals surface area contributed by atoms with Gasteiger partial charge in [-0.05, 0) is 73.8 Å². The highest BCUT2D eigenvalue weighted by Gasteiger charge is 2.18. The smallest absolute Gasteiger partial charge is 0.150 e. The molecule has 0 aromatic heterocycles. The molecular weight excluding hydrogens is 284 g/mol. The normalized spacial score (nSPS) is 12.9. The maximum absolute atomic E-state index is 11.1. The topological polar surface area (TPSA) is 26.3 Å². The first-order valence-corrected chi connectivity index (χ1v) is 8.65. The van der Waals surface area contributed by atoms with Crippen LogP contribution < -0.4 is 4.74 Å². The second kappa shape index (κ2) is 7.96. The average molecular weight is 308 g/mol. The molecule has 0 amide bonds. The Balaban J connectivity index is 1.43. The second-order valence-corrected chi connectivity index (χ2v) is 6.23. The van der Waals surface area contributed by atoms with Gasteiger partial charge >= 0.3 is 0 Å². The predicted octanol–water partition coefficient (Wildman–Crippen LogP) is 4.78. The van der Waals surface area contributed by atoms with E-state index in [9.17, 15) is 4.79 Å². The Kier molecular flexibility index (Phi) is 5.46. The van der Waals surface area contributed by atoms with E-state index in [0.29, 0.717) is 0 Å². The van der Waals surface area contributed by atoms with Gasteiger partial charge in [0.05, 0.1) is 6.61 Å². The number of benzene rings is 2. The summed E-state index contributed by atoms with van der Waals surface area (Å²) in [6, 6.07) is 14.5. The second-order valence-electron chi connectivity index (χ2n) is 6.23. The van der Waals surface area contributed by atoms with E-state index < -0.39 is 0 Å². The highest BCUT2D eigenvalue weighted by molar-refractivity contribution is 5.79. The molecule has 2 heteroatoms. The van der Waals surface area contributed by atoms with Crippen molar-refractivity contribution in [1.29, 1.82) is 0 Å². The van der Waals surface area contributed by atoms with Crippen LogP contribution in [0, 0.1) is 0 Å². The van der Waals surface area contributed by atoms with Gasteiger partial charge in [0, 0.05) is 5.56 Å². The number of hydrogen-bond donors (Lipinski definition) is 0. The van der Waals surface area contributed by atoms with Gasteiger partial charge < -0.3 is 4.74 Å². The van der Waals surface area contributed by atoms with Crippen LogP contribution in [0.15, 0.2) is 42.5 Å². The molecule has 0 N–H and O–H groups in total. The third-order valence-electron chi connectivity index (χ3n) is 4.62. The Bertz CT molecular complexity index is 646. The van der Waals surface area contributed by atoms with Crippen LogP contribution in [-0.4, -0.2) is 12.9 Å². The minimum absolute atomic E-state index is 0.766. The highest BCUT2D eigenvalue weighted by atomic mass is 16.5. The van der Waals surface area contributed by atoms with Crippen molar-refractivity contribution < 1.29 is 9.53 Å². The number of ether oxygens (including phenoxy) is 1. The molecule has 0 saturated heterocycles. The van der Waals surface area contributed by atoms with Crippen LogP contribution in [0.2, 0.25) is 0 Å². The van der Waals surface area contributed by atoms with Crippen molar-refractivity contribution in [3.8, 4) is 5.75 Å². The average Bonchev–Trinajstić information content (AvgIpc) is 3.09. The minimum Gasteiger partial charge on any atom is -0.493 e. The monoisotopic (exact) mass is 308 g/mol. The highest BCUT2D eigenvalue weighted by Crippen LogP contribution is 2.32. The van der Waals surface area contributed by atoms with Crippen molar-refractivity contribution in [2.24, 2.45) is 0 Å². The molecule has 0 saturated carbocycles. The molecule has 0 bridgehead atoms. The van der Waals surface area contributed by atoms with Gasteiger partial charge in [-0.1, -0.05) is 30.3 Å². The lowest BCUT2D eigenvalue weighted by atomic mass is 10.0. The molecule has 0 spiro atoms. The Morgan fingerprint density at radius 3 is 2.57 bits per heavy atom. The SMILES string of the molecule is O=Cc1ccc(OCCCCCc2ccccc2)c2c1CCC2. The summed E-state index contributed by atoms with van der Waals surface area (Å²) in [5, 5.41) is 0. The van der Waals surface area contributed by atoms with Gasteiger partial charge in [-0.25, -0.2) is 0 Å². The van der Waals surface area contributed by atoms with Crippen LogP contribution in [0.5, 0.6) is 5.75 Å². The lowest BCUT2D eigenvalue weighted by Gasteiger charge is -2.12. The van der Waals surface area contributed by atoms with E-state index in [4.69, 9.17) is 4.74 Å². The molecule has 0 radical (unpaired) electrons. The summed E-state index contributed by atoms with van der Waals surface area (Å²) >= 11 is 0. The maximum atomic E-state index is 11.1. The minimum atomic E-state index is 0.766. The molecule has 0 aliphatic heterocycles. The summed E-state index contributed by atoms with van der Waals surface area (Å²) in [5.74, 6) is 0.992. The van der Waals surface area contributed by atoms with Crippen LogP contribution in [0.4, 0.5) is 0 Å². The first kappa shape index (κ1) is 15.8. The molecule has 0 heterocycles. The molecule has 1 aliphatic rings. The van der Waals surface area contributed by atoms with Crippen LogP contribution >= 0.6 is 0 Å². The van der Waals surface area contributed by atoms with Crippen molar-refractivity contribution in [3.63, 3.8) is 0 Å². The maximum Gasteiger partial charge on any atom is 0.150 e. The van der Waals surface area contributed by atoms with E-state index in [2.05, 4.69) is 30.3 Å². The van der Waals surface area contributed by atoms with Crippen LogP contribution in [0.3, 0.4) is 0 Å². The number of fused-ring (bicyclic) bond motifs is 1. The standard InChI is InChI=1S/C21H24O2/c22-16-18-13-14-21(20-12-7-11-19(18)20)23-15-6-2-5-10-17-8-3-1-4-9-17/h1,3-4,8-9,13-14,16H,2,5-7,10-12,15H2. The Labute approximate surface area is 138 Å². The molecule has 2 aromatic rings. The number of unbranched alkanes of at least 4 members (excludes halogenated alkanes) is 2. The molecule has 1 aliphatic carbocycles. The molecular formula is C21H24O2. The van der Waals surface area contributed by atoms with Gasteiger partial charge in [0.15, 0.2) is 0 Å². The molecule has 2 nitrogen and oxygen atoms in total. The molecule has 0 unspecified atom stereocenters. The molecule has 0 fully saturated rings. The summed E-state index contributed by atoms with van der Waals surface area (Å²) in [7, 11) is 0. The van der Waals surface area contributed by atoms with E-state index in [1.165, 1.54) is 29.5 Å². The van der Waals surface area contributed by atoms with Gasteiger partial charge in [-0.15, -0.1) is 0 Å². The zero-order valence-electron chi connectivity index (χ0n) is 13.6. The number of aryl methyl sites for hydroxylation is 1.